The largest absolute Gasteiger partial charge is 0.497 e. The Kier molecular flexibility index (Phi) is 8.60. The van der Waals surface area contributed by atoms with Crippen molar-refractivity contribution in [2.24, 2.45) is 0 Å². The van der Waals surface area contributed by atoms with Gasteiger partial charge in [0.1, 0.15) is 34.3 Å². The van der Waals surface area contributed by atoms with E-state index in [1.807, 2.05) is 53.9 Å². The summed E-state index contributed by atoms with van der Waals surface area (Å²) in [5.74, 6) is 1.31. The first-order valence-electron chi connectivity index (χ1n) is 11.4. The van der Waals surface area contributed by atoms with Crippen LogP contribution in [0.4, 0.5) is 16.6 Å². The molecule has 0 aliphatic heterocycles. The number of nitrogens with one attached hydrogen (secondary N) is 1. The zero-order valence-electron chi connectivity index (χ0n) is 20.1. The van der Waals surface area contributed by atoms with Crippen LogP contribution in [-0.4, -0.2) is 28.8 Å². The molecule has 0 fully saturated rings. The third-order valence-electron chi connectivity index (χ3n) is 5.51. The third-order valence-corrected chi connectivity index (χ3v) is 7.33. The van der Waals surface area contributed by atoms with Gasteiger partial charge in [-0.05, 0) is 36.1 Å². The topological polar surface area (TPSA) is 141 Å². The first-order valence-corrected chi connectivity index (χ1v) is 13.2. The predicted octanol–water partition coefficient (Wildman–Crippen LogP) is 5.50. The van der Waals surface area contributed by atoms with Crippen molar-refractivity contribution in [2.45, 2.75) is 23.6 Å². The molecule has 2 aromatic carbocycles. The number of nitriles is 2. The van der Waals surface area contributed by atoms with Crippen LogP contribution in [0.1, 0.15) is 28.8 Å². The number of hydrogen-bond donors (Lipinski definition) is 3. The summed E-state index contributed by atoms with van der Waals surface area (Å²) in [5, 5.41) is 35.3. The maximum absolute atomic E-state index is 10.0. The molecule has 186 valence electrons. The van der Waals surface area contributed by atoms with Crippen molar-refractivity contribution in [3.05, 3.63) is 76.3 Å². The number of nitrogens with zero attached hydrogens (tertiary/aromatic N) is 4. The maximum Gasteiger partial charge on any atom is 0.187 e. The van der Waals surface area contributed by atoms with Gasteiger partial charge in [0.15, 0.2) is 5.13 Å². The molecule has 37 heavy (non-hydrogen) atoms. The monoisotopic (exact) mass is 528 g/mol. The summed E-state index contributed by atoms with van der Waals surface area (Å²) < 4.78 is 5.26. The van der Waals surface area contributed by atoms with Crippen molar-refractivity contribution in [3.8, 4) is 29.0 Å². The molecule has 2 aromatic heterocycles. The molecule has 0 amide bonds. The van der Waals surface area contributed by atoms with Gasteiger partial charge in [0.2, 0.25) is 0 Å². The molecular formula is C27H24N6O2S2. The van der Waals surface area contributed by atoms with E-state index in [1.165, 1.54) is 23.1 Å². The van der Waals surface area contributed by atoms with Gasteiger partial charge >= 0.3 is 0 Å². The molecule has 0 saturated carbocycles. The van der Waals surface area contributed by atoms with Gasteiger partial charge in [-0.15, -0.1) is 11.3 Å². The number of aliphatic hydroxyl groups is 1. The average Bonchev–Trinajstić information content (AvgIpc) is 3.37. The highest BCUT2D eigenvalue weighted by atomic mass is 32.2. The van der Waals surface area contributed by atoms with E-state index in [0.29, 0.717) is 28.3 Å². The zero-order chi connectivity index (χ0) is 26.2. The molecule has 0 bridgehead atoms. The van der Waals surface area contributed by atoms with Crippen molar-refractivity contribution >= 4 is 39.7 Å². The van der Waals surface area contributed by atoms with Crippen LogP contribution in [0, 0.1) is 22.7 Å². The molecule has 0 radical (unpaired) electrons. The molecule has 4 rings (SSSR count). The minimum absolute atomic E-state index is 0.0852. The Balaban J connectivity index is 1.57. The van der Waals surface area contributed by atoms with Crippen LogP contribution >= 0.6 is 23.1 Å². The quantitative estimate of drug-likeness (QED) is 0.227. The predicted molar refractivity (Wildman–Crippen MR) is 147 cm³/mol. The number of thiazole rings is 1. The second kappa shape index (κ2) is 12.2. The number of pyridine rings is 1. The van der Waals surface area contributed by atoms with E-state index in [2.05, 4.69) is 27.4 Å². The van der Waals surface area contributed by atoms with E-state index >= 15 is 0 Å². The number of methoxy groups -OCH3 is 1. The number of thioether (sulfide) groups is 1. The van der Waals surface area contributed by atoms with Gasteiger partial charge in [-0.3, -0.25) is 0 Å². The Hall–Kier alpha value is -4.09. The summed E-state index contributed by atoms with van der Waals surface area (Å²) in [5.41, 5.74) is 10.6. The number of aromatic nitrogens is 2. The lowest BCUT2D eigenvalue weighted by molar-refractivity contribution is 0.288. The number of nitrogen functional groups attached to an aromatic ring is 1. The smallest absolute Gasteiger partial charge is 0.187 e. The lowest BCUT2D eigenvalue weighted by Crippen LogP contribution is -2.03. The van der Waals surface area contributed by atoms with Crippen LogP contribution < -0.4 is 15.8 Å². The Morgan fingerprint density at radius 2 is 1.89 bits per heavy atom. The molecule has 10 heteroatoms. The van der Waals surface area contributed by atoms with Gasteiger partial charge < -0.3 is 20.9 Å². The number of rotatable bonds is 10. The van der Waals surface area contributed by atoms with Crippen LogP contribution in [0.3, 0.4) is 0 Å². The summed E-state index contributed by atoms with van der Waals surface area (Å²) in [7, 11) is 1.62. The normalized spacial score (nSPS) is 10.5. The van der Waals surface area contributed by atoms with Crippen molar-refractivity contribution in [2.75, 3.05) is 24.8 Å². The van der Waals surface area contributed by atoms with Crippen LogP contribution in [0.2, 0.25) is 0 Å². The Bertz CT molecular complexity index is 1470. The molecule has 4 N–H and O–H groups in total. The maximum atomic E-state index is 10.0. The number of benzene rings is 2. The lowest BCUT2D eigenvalue weighted by Gasteiger charge is -2.13. The van der Waals surface area contributed by atoms with Gasteiger partial charge in [0.05, 0.1) is 18.4 Å². The van der Waals surface area contributed by atoms with Gasteiger partial charge in [0.25, 0.3) is 0 Å². The lowest BCUT2D eigenvalue weighted by atomic mass is 9.95. The van der Waals surface area contributed by atoms with E-state index in [0.717, 1.165) is 39.8 Å². The number of hydrogen-bond acceptors (Lipinski definition) is 10. The van der Waals surface area contributed by atoms with E-state index in [9.17, 15) is 10.5 Å². The van der Waals surface area contributed by atoms with Crippen LogP contribution in [0.25, 0.3) is 11.1 Å². The summed E-state index contributed by atoms with van der Waals surface area (Å²) in [6.45, 7) is 0.123. The number of aryl methyl sites for hydroxylation is 1. The van der Waals surface area contributed by atoms with E-state index < -0.39 is 0 Å². The van der Waals surface area contributed by atoms with Crippen LogP contribution in [0.15, 0.2) is 58.9 Å². The highest BCUT2D eigenvalue weighted by Gasteiger charge is 2.21. The van der Waals surface area contributed by atoms with E-state index in [-0.39, 0.29) is 18.0 Å². The second-order valence-electron chi connectivity index (χ2n) is 7.96. The van der Waals surface area contributed by atoms with Crippen molar-refractivity contribution < 1.29 is 9.84 Å². The fourth-order valence-electron chi connectivity index (χ4n) is 3.71. The molecule has 0 aliphatic carbocycles. The second-order valence-corrected chi connectivity index (χ2v) is 9.79. The number of ether oxygens (including phenoxy) is 1. The van der Waals surface area contributed by atoms with Gasteiger partial charge in [-0.2, -0.15) is 10.5 Å². The molecule has 0 saturated heterocycles. The van der Waals surface area contributed by atoms with Gasteiger partial charge in [0, 0.05) is 35.1 Å². The molecule has 8 nitrogen and oxygen atoms in total. The fraction of sp³-hybridized carbons (Fsp3) is 0.185. The molecule has 0 spiro atoms. The number of aliphatic hydroxyl groups excluding tert-OH is 1. The van der Waals surface area contributed by atoms with Gasteiger partial charge in [-0.25, -0.2) is 9.97 Å². The Morgan fingerprint density at radius 3 is 2.59 bits per heavy atom. The molecule has 4 aromatic rings. The number of nitrogens with two attached hydrogens (primary N) is 1. The minimum Gasteiger partial charge on any atom is -0.497 e. The van der Waals surface area contributed by atoms with Crippen molar-refractivity contribution in [1.29, 1.82) is 10.5 Å². The Morgan fingerprint density at radius 1 is 1.11 bits per heavy atom. The average molecular weight is 529 g/mol. The Labute approximate surface area is 223 Å². The van der Waals surface area contributed by atoms with E-state index in [1.54, 1.807) is 7.11 Å². The highest BCUT2D eigenvalue weighted by Crippen LogP contribution is 2.37. The third kappa shape index (κ3) is 6.19. The summed E-state index contributed by atoms with van der Waals surface area (Å²) in [4.78, 5) is 9.02. The summed E-state index contributed by atoms with van der Waals surface area (Å²) in [6.07, 6.45) is 1.41. The van der Waals surface area contributed by atoms with E-state index in [4.69, 9.17) is 15.6 Å². The molecule has 0 atom stereocenters. The summed E-state index contributed by atoms with van der Waals surface area (Å²) >= 11 is 2.83. The van der Waals surface area contributed by atoms with Gasteiger partial charge in [-0.1, -0.05) is 42.1 Å². The first kappa shape index (κ1) is 26.0. The molecular weight excluding hydrogens is 504 g/mol. The zero-order valence-corrected chi connectivity index (χ0v) is 21.7. The molecule has 2 heterocycles. The summed E-state index contributed by atoms with van der Waals surface area (Å²) in [6, 6.07) is 19.5. The van der Waals surface area contributed by atoms with Crippen molar-refractivity contribution in [1.82, 2.24) is 9.97 Å². The van der Waals surface area contributed by atoms with Crippen molar-refractivity contribution in [3.63, 3.8) is 0 Å². The highest BCUT2D eigenvalue weighted by molar-refractivity contribution is 7.98. The minimum atomic E-state index is 0.0852. The van der Waals surface area contributed by atoms with Crippen LogP contribution in [0.5, 0.6) is 5.75 Å². The molecule has 0 aliphatic rings. The first-order chi connectivity index (χ1) is 18.1. The van der Waals surface area contributed by atoms with Crippen LogP contribution in [-0.2, 0) is 12.2 Å². The molecule has 0 unspecified atom stereocenters. The number of anilines is 3. The standard InChI is InChI=1S/C27H24N6O2S2/c1-35-21-6-2-5-19(12-21)31-27-32-20(16-37-27)15-36-26-23(14-29)24(22(13-28)25(30)33-26)18-9-7-17(8-10-18)4-3-11-34/h2,5-10,12,16,34H,3-4,11,15H2,1H3,(H2,30,33)(H,31,32). The SMILES string of the molecule is COc1cccc(Nc2nc(CSc3nc(N)c(C#N)c(-c4ccc(CCCO)cc4)c3C#N)cs2)c1. The fourth-order valence-corrected chi connectivity index (χ4v) is 5.43.